The number of aryl methyl sites for hydroxylation is 1. The van der Waals surface area contributed by atoms with E-state index in [1.807, 2.05) is 24.3 Å². The summed E-state index contributed by atoms with van der Waals surface area (Å²) in [7, 11) is 1.62. The Kier molecular flexibility index (Phi) is 10.4. The second-order valence-corrected chi connectivity index (χ2v) is 8.77. The molecule has 6 heteroatoms. The summed E-state index contributed by atoms with van der Waals surface area (Å²) >= 11 is 1.66. The summed E-state index contributed by atoms with van der Waals surface area (Å²) < 4.78 is 5.31. The summed E-state index contributed by atoms with van der Waals surface area (Å²) in [5.74, 6) is 1.26. The summed E-state index contributed by atoms with van der Waals surface area (Å²) in [6.45, 7) is 6.94. The highest BCUT2D eigenvalue weighted by Crippen LogP contribution is 2.21. The topological polar surface area (TPSA) is 58.6 Å². The van der Waals surface area contributed by atoms with E-state index in [2.05, 4.69) is 43.4 Å². The molecule has 0 aromatic heterocycles. The molecule has 2 amide bonds. The van der Waals surface area contributed by atoms with Crippen molar-refractivity contribution in [3.8, 4) is 5.75 Å². The Morgan fingerprint density at radius 2 is 1.90 bits per heavy atom. The summed E-state index contributed by atoms with van der Waals surface area (Å²) in [6.07, 6.45) is 2.31. The van der Waals surface area contributed by atoms with Crippen molar-refractivity contribution in [1.82, 2.24) is 10.2 Å². The van der Waals surface area contributed by atoms with Gasteiger partial charge in [0.15, 0.2) is 0 Å². The molecule has 0 saturated heterocycles. The second-order valence-electron chi connectivity index (χ2n) is 7.61. The van der Waals surface area contributed by atoms with Crippen LogP contribution < -0.4 is 10.1 Å². The van der Waals surface area contributed by atoms with Crippen LogP contribution in [0.25, 0.3) is 0 Å². The zero-order valence-electron chi connectivity index (χ0n) is 19.0. The molecular weight excluding hydrogens is 408 g/mol. The highest BCUT2D eigenvalue weighted by atomic mass is 32.2. The standard InChI is InChI=1S/C25H34N2O3S/c1-5-6-15-26-25(29)20(3)27(18-21-8-7-9-22(17-21)30-4)24(28)14-16-31-23-12-10-19(2)11-13-23/h7-13,17,20H,5-6,14-16,18H2,1-4H3,(H,26,29)/t20-/m1/s1. The largest absolute Gasteiger partial charge is 0.497 e. The van der Waals surface area contributed by atoms with E-state index in [4.69, 9.17) is 4.74 Å². The van der Waals surface area contributed by atoms with Gasteiger partial charge in [-0.15, -0.1) is 11.8 Å². The molecule has 1 N–H and O–H groups in total. The van der Waals surface area contributed by atoms with E-state index < -0.39 is 6.04 Å². The van der Waals surface area contributed by atoms with Gasteiger partial charge in [0.25, 0.3) is 0 Å². The fraction of sp³-hybridized carbons (Fsp3) is 0.440. The van der Waals surface area contributed by atoms with Gasteiger partial charge in [0.2, 0.25) is 11.8 Å². The van der Waals surface area contributed by atoms with Gasteiger partial charge in [-0.2, -0.15) is 0 Å². The minimum atomic E-state index is -0.542. The first kappa shape index (κ1) is 24.8. The van der Waals surface area contributed by atoms with Crippen LogP contribution in [0.3, 0.4) is 0 Å². The highest BCUT2D eigenvalue weighted by molar-refractivity contribution is 7.99. The average Bonchev–Trinajstić information content (AvgIpc) is 2.78. The molecule has 0 radical (unpaired) electrons. The van der Waals surface area contributed by atoms with Crippen LogP contribution >= 0.6 is 11.8 Å². The number of rotatable bonds is 12. The van der Waals surface area contributed by atoms with Crippen molar-refractivity contribution in [2.45, 2.75) is 57.5 Å². The maximum Gasteiger partial charge on any atom is 0.242 e. The molecule has 1 atom stereocenters. The third-order valence-corrected chi connectivity index (χ3v) is 6.10. The van der Waals surface area contributed by atoms with Crippen LogP contribution in [0.2, 0.25) is 0 Å². The van der Waals surface area contributed by atoms with Crippen molar-refractivity contribution in [3.63, 3.8) is 0 Å². The SMILES string of the molecule is CCCCNC(=O)[C@@H](C)N(Cc1cccc(OC)c1)C(=O)CCSc1ccc(C)cc1. The zero-order chi connectivity index (χ0) is 22.6. The van der Waals surface area contributed by atoms with E-state index in [-0.39, 0.29) is 11.8 Å². The molecule has 0 spiro atoms. The minimum absolute atomic E-state index is 0.0272. The number of ether oxygens (including phenoxy) is 1. The first-order valence-corrected chi connectivity index (χ1v) is 11.8. The Balaban J connectivity index is 2.06. The molecule has 0 fully saturated rings. The highest BCUT2D eigenvalue weighted by Gasteiger charge is 2.25. The number of unbranched alkanes of at least 4 members (excludes halogenated alkanes) is 1. The number of benzene rings is 2. The van der Waals surface area contributed by atoms with E-state index in [0.29, 0.717) is 25.3 Å². The molecule has 2 rings (SSSR count). The molecule has 2 aromatic carbocycles. The van der Waals surface area contributed by atoms with Crippen LogP contribution in [0, 0.1) is 6.92 Å². The molecule has 0 saturated carbocycles. The summed E-state index contributed by atoms with van der Waals surface area (Å²) in [6, 6.07) is 15.4. The fourth-order valence-electron chi connectivity index (χ4n) is 3.12. The van der Waals surface area contributed by atoms with Crippen molar-refractivity contribution in [3.05, 3.63) is 59.7 Å². The van der Waals surface area contributed by atoms with E-state index in [9.17, 15) is 9.59 Å². The molecule has 0 bridgehead atoms. The van der Waals surface area contributed by atoms with Crippen molar-refractivity contribution in [1.29, 1.82) is 0 Å². The lowest BCUT2D eigenvalue weighted by atomic mass is 10.1. The Morgan fingerprint density at radius 1 is 1.16 bits per heavy atom. The number of amides is 2. The molecule has 31 heavy (non-hydrogen) atoms. The number of carbonyl (C=O) groups is 2. The Labute approximate surface area is 190 Å². The molecule has 0 unspecified atom stereocenters. The van der Waals surface area contributed by atoms with Gasteiger partial charge in [-0.3, -0.25) is 9.59 Å². The van der Waals surface area contributed by atoms with Crippen LogP contribution in [0.5, 0.6) is 5.75 Å². The lowest BCUT2D eigenvalue weighted by molar-refractivity contribution is -0.140. The quantitative estimate of drug-likeness (QED) is 0.378. The lowest BCUT2D eigenvalue weighted by Gasteiger charge is -2.29. The van der Waals surface area contributed by atoms with Crippen LogP contribution in [0.1, 0.15) is 44.2 Å². The Hall–Kier alpha value is -2.47. The van der Waals surface area contributed by atoms with E-state index in [1.54, 1.807) is 30.7 Å². The summed E-state index contributed by atoms with van der Waals surface area (Å²) in [5.41, 5.74) is 2.15. The molecule has 2 aromatic rings. The van der Waals surface area contributed by atoms with Crippen LogP contribution in [0.4, 0.5) is 0 Å². The smallest absolute Gasteiger partial charge is 0.242 e. The third-order valence-electron chi connectivity index (χ3n) is 5.09. The normalized spacial score (nSPS) is 11.6. The van der Waals surface area contributed by atoms with Crippen molar-refractivity contribution < 1.29 is 14.3 Å². The van der Waals surface area contributed by atoms with Crippen LogP contribution in [-0.2, 0) is 16.1 Å². The Morgan fingerprint density at radius 3 is 2.58 bits per heavy atom. The second kappa shape index (κ2) is 13.1. The van der Waals surface area contributed by atoms with Gasteiger partial charge in [-0.1, -0.05) is 43.2 Å². The van der Waals surface area contributed by atoms with Crippen molar-refractivity contribution >= 4 is 23.6 Å². The number of hydrogen-bond donors (Lipinski definition) is 1. The van der Waals surface area contributed by atoms with Crippen molar-refractivity contribution in [2.24, 2.45) is 0 Å². The van der Waals surface area contributed by atoms with Gasteiger partial charge >= 0.3 is 0 Å². The minimum Gasteiger partial charge on any atom is -0.497 e. The van der Waals surface area contributed by atoms with E-state index in [0.717, 1.165) is 29.1 Å². The third kappa shape index (κ3) is 8.29. The molecule has 0 aliphatic rings. The molecule has 0 aliphatic heterocycles. The molecule has 168 valence electrons. The molecular formula is C25H34N2O3S. The van der Waals surface area contributed by atoms with Gasteiger partial charge in [-0.25, -0.2) is 0 Å². The number of nitrogens with one attached hydrogen (secondary N) is 1. The molecule has 5 nitrogen and oxygen atoms in total. The maximum absolute atomic E-state index is 13.1. The van der Waals surface area contributed by atoms with Gasteiger partial charge in [0.05, 0.1) is 7.11 Å². The summed E-state index contributed by atoms with van der Waals surface area (Å²) in [4.78, 5) is 28.6. The van der Waals surface area contributed by atoms with Gasteiger partial charge < -0.3 is 15.0 Å². The summed E-state index contributed by atoms with van der Waals surface area (Å²) in [5, 5.41) is 2.95. The van der Waals surface area contributed by atoms with Gasteiger partial charge in [0.1, 0.15) is 11.8 Å². The maximum atomic E-state index is 13.1. The van der Waals surface area contributed by atoms with Crippen LogP contribution in [-0.4, -0.2) is 42.2 Å². The monoisotopic (exact) mass is 442 g/mol. The first-order valence-electron chi connectivity index (χ1n) is 10.8. The predicted octanol–water partition coefficient (Wildman–Crippen LogP) is 4.82. The first-order chi connectivity index (χ1) is 14.9. The average molecular weight is 443 g/mol. The van der Waals surface area contributed by atoms with Crippen LogP contribution in [0.15, 0.2) is 53.4 Å². The molecule has 0 heterocycles. The zero-order valence-corrected chi connectivity index (χ0v) is 19.8. The number of methoxy groups -OCH3 is 1. The van der Waals surface area contributed by atoms with Crippen molar-refractivity contribution in [2.75, 3.05) is 19.4 Å². The number of thioether (sulfide) groups is 1. The van der Waals surface area contributed by atoms with E-state index >= 15 is 0 Å². The number of carbonyl (C=O) groups excluding carboxylic acids is 2. The fourth-order valence-corrected chi connectivity index (χ4v) is 3.96. The van der Waals surface area contributed by atoms with E-state index in [1.165, 1.54) is 5.56 Å². The molecule has 0 aliphatic carbocycles. The lowest BCUT2D eigenvalue weighted by Crippen LogP contribution is -2.47. The Bertz CT molecular complexity index is 839. The van der Waals surface area contributed by atoms with Gasteiger partial charge in [-0.05, 0) is 50.1 Å². The number of nitrogens with zero attached hydrogens (tertiary/aromatic N) is 1. The van der Waals surface area contributed by atoms with Gasteiger partial charge in [0, 0.05) is 30.2 Å². The predicted molar refractivity (Wildman–Crippen MR) is 127 cm³/mol. The number of hydrogen-bond acceptors (Lipinski definition) is 4.